The highest BCUT2D eigenvalue weighted by molar-refractivity contribution is 5.46. The Kier molecular flexibility index (Phi) is 6.48. The predicted molar refractivity (Wildman–Crippen MR) is 95.1 cm³/mol. The second kappa shape index (κ2) is 8.59. The predicted octanol–water partition coefficient (Wildman–Crippen LogP) is 4.47. The molecule has 23 heavy (non-hydrogen) atoms. The van der Waals surface area contributed by atoms with E-state index >= 15 is 0 Å². The molecule has 1 atom stereocenters. The summed E-state index contributed by atoms with van der Waals surface area (Å²) in [6, 6.07) is 14.9. The van der Waals surface area contributed by atoms with Gasteiger partial charge >= 0.3 is 0 Å². The Morgan fingerprint density at radius 3 is 2.61 bits per heavy atom. The van der Waals surface area contributed by atoms with Gasteiger partial charge in [0, 0.05) is 18.2 Å². The summed E-state index contributed by atoms with van der Waals surface area (Å²) < 4.78 is 11.6. The fourth-order valence-corrected chi connectivity index (χ4v) is 2.41. The van der Waals surface area contributed by atoms with Crippen LogP contribution in [0.25, 0.3) is 0 Å². The molecular weight excluding hydrogens is 286 g/mol. The normalized spacial score (nSPS) is 12.0. The molecule has 0 heterocycles. The van der Waals surface area contributed by atoms with Gasteiger partial charge in [-0.25, -0.2) is 0 Å². The average molecular weight is 313 g/mol. The molecule has 0 aliphatic heterocycles. The second-order valence-corrected chi connectivity index (χ2v) is 5.92. The van der Waals surface area contributed by atoms with Gasteiger partial charge in [0.2, 0.25) is 0 Å². The van der Waals surface area contributed by atoms with Gasteiger partial charge < -0.3 is 14.8 Å². The van der Waals surface area contributed by atoms with Crippen molar-refractivity contribution in [2.75, 3.05) is 7.11 Å². The van der Waals surface area contributed by atoms with E-state index in [1.807, 2.05) is 12.1 Å². The first-order chi connectivity index (χ1) is 11.1. The lowest BCUT2D eigenvalue weighted by molar-refractivity contribution is 0.280. The summed E-state index contributed by atoms with van der Waals surface area (Å²) in [7, 11) is 1.68. The Balaban J connectivity index is 2.14. The van der Waals surface area contributed by atoms with Crippen molar-refractivity contribution in [1.29, 1.82) is 0 Å². The Bertz CT molecular complexity index is 625. The number of hydrogen-bond donors (Lipinski definition) is 1. The van der Waals surface area contributed by atoms with Gasteiger partial charge in [-0.15, -0.1) is 0 Å². The van der Waals surface area contributed by atoms with Gasteiger partial charge in [0.1, 0.15) is 6.61 Å². The first-order valence-corrected chi connectivity index (χ1v) is 8.21. The number of para-hydroxylation sites is 1. The van der Waals surface area contributed by atoms with Crippen molar-refractivity contribution < 1.29 is 9.47 Å². The standard InChI is InChI=1S/C20H27NO2/c1-5-16(3)21-13-18-10-7-11-19(22-4)20(18)23-14-17-9-6-8-15(2)12-17/h6-12,16,21H,5,13-14H2,1-4H3. The van der Waals surface area contributed by atoms with Gasteiger partial charge in [-0.05, 0) is 31.9 Å². The third-order valence-corrected chi connectivity index (χ3v) is 4.00. The van der Waals surface area contributed by atoms with Gasteiger partial charge in [-0.2, -0.15) is 0 Å². The maximum absolute atomic E-state index is 6.10. The zero-order valence-electron chi connectivity index (χ0n) is 14.6. The van der Waals surface area contributed by atoms with Crippen molar-refractivity contribution >= 4 is 0 Å². The smallest absolute Gasteiger partial charge is 0.166 e. The molecule has 0 radical (unpaired) electrons. The molecule has 1 unspecified atom stereocenters. The van der Waals surface area contributed by atoms with Crippen LogP contribution in [-0.4, -0.2) is 13.2 Å². The Hall–Kier alpha value is -2.00. The average Bonchev–Trinajstić information content (AvgIpc) is 2.57. The number of aryl methyl sites for hydroxylation is 1. The topological polar surface area (TPSA) is 30.5 Å². The molecule has 0 amide bonds. The number of ether oxygens (including phenoxy) is 2. The van der Waals surface area contributed by atoms with Crippen LogP contribution < -0.4 is 14.8 Å². The van der Waals surface area contributed by atoms with Crippen LogP contribution in [0.15, 0.2) is 42.5 Å². The van der Waals surface area contributed by atoms with E-state index in [4.69, 9.17) is 9.47 Å². The van der Waals surface area contributed by atoms with Gasteiger partial charge in [-0.3, -0.25) is 0 Å². The zero-order chi connectivity index (χ0) is 16.7. The summed E-state index contributed by atoms with van der Waals surface area (Å²) in [5.74, 6) is 1.61. The summed E-state index contributed by atoms with van der Waals surface area (Å²) >= 11 is 0. The lowest BCUT2D eigenvalue weighted by atomic mass is 10.1. The number of benzene rings is 2. The van der Waals surface area contributed by atoms with E-state index in [0.29, 0.717) is 12.6 Å². The number of rotatable bonds is 8. The minimum atomic E-state index is 0.478. The molecule has 2 aromatic carbocycles. The van der Waals surface area contributed by atoms with Gasteiger partial charge in [0.05, 0.1) is 7.11 Å². The molecule has 0 fully saturated rings. The van der Waals surface area contributed by atoms with Crippen LogP contribution in [0.2, 0.25) is 0 Å². The van der Waals surface area contributed by atoms with Crippen LogP contribution in [-0.2, 0) is 13.2 Å². The molecule has 3 heteroatoms. The molecule has 0 saturated heterocycles. The Morgan fingerprint density at radius 1 is 1.13 bits per heavy atom. The summed E-state index contributed by atoms with van der Waals surface area (Å²) in [5, 5.41) is 3.51. The summed E-state index contributed by atoms with van der Waals surface area (Å²) in [4.78, 5) is 0. The van der Waals surface area contributed by atoms with Crippen molar-refractivity contribution in [3.8, 4) is 11.5 Å². The molecule has 2 rings (SSSR count). The maximum Gasteiger partial charge on any atom is 0.166 e. The number of nitrogens with one attached hydrogen (secondary N) is 1. The highest BCUT2D eigenvalue weighted by atomic mass is 16.5. The van der Waals surface area contributed by atoms with Crippen molar-refractivity contribution in [2.24, 2.45) is 0 Å². The summed E-state index contributed by atoms with van der Waals surface area (Å²) in [6.45, 7) is 7.77. The maximum atomic E-state index is 6.10. The molecule has 124 valence electrons. The Labute approximate surface area is 139 Å². The molecule has 1 N–H and O–H groups in total. The van der Waals surface area contributed by atoms with E-state index in [2.05, 4.69) is 56.4 Å². The van der Waals surface area contributed by atoms with E-state index in [1.54, 1.807) is 7.11 Å². The monoisotopic (exact) mass is 313 g/mol. The van der Waals surface area contributed by atoms with E-state index in [0.717, 1.165) is 35.6 Å². The van der Waals surface area contributed by atoms with Gasteiger partial charge in [-0.1, -0.05) is 48.9 Å². The summed E-state index contributed by atoms with van der Waals surface area (Å²) in [5.41, 5.74) is 3.53. The van der Waals surface area contributed by atoms with Crippen LogP contribution in [0.3, 0.4) is 0 Å². The van der Waals surface area contributed by atoms with Crippen molar-refractivity contribution in [3.63, 3.8) is 0 Å². The second-order valence-electron chi connectivity index (χ2n) is 5.92. The first-order valence-electron chi connectivity index (χ1n) is 8.21. The third-order valence-electron chi connectivity index (χ3n) is 4.00. The van der Waals surface area contributed by atoms with E-state index in [-0.39, 0.29) is 0 Å². The van der Waals surface area contributed by atoms with Gasteiger partial charge in [0.15, 0.2) is 11.5 Å². The highest BCUT2D eigenvalue weighted by Crippen LogP contribution is 2.32. The number of hydrogen-bond acceptors (Lipinski definition) is 3. The highest BCUT2D eigenvalue weighted by Gasteiger charge is 2.11. The first kappa shape index (κ1) is 17.4. The molecule has 0 aliphatic rings. The lowest BCUT2D eigenvalue weighted by Gasteiger charge is -2.17. The third kappa shape index (κ3) is 5.00. The SMILES string of the molecule is CCC(C)NCc1cccc(OC)c1OCc1cccc(C)c1. The fraction of sp³-hybridized carbons (Fsp3) is 0.400. The van der Waals surface area contributed by atoms with Gasteiger partial charge in [0.25, 0.3) is 0 Å². The molecule has 0 spiro atoms. The van der Waals surface area contributed by atoms with Crippen molar-refractivity contribution in [1.82, 2.24) is 5.32 Å². The quantitative estimate of drug-likeness (QED) is 0.780. The molecule has 0 saturated carbocycles. The molecule has 0 aromatic heterocycles. The van der Waals surface area contributed by atoms with Crippen LogP contribution in [0.1, 0.15) is 37.0 Å². The molecular formula is C20H27NO2. The fourth-order valence-electron chi connectivity index (χ4n) is 2.41. The van der Waals surface area contributed by atoms with Crippen LogP contribution in [0.5, 0.6) is 11.5 Å². The van der Waals surface area contributed by atoms with Crippen molar-refractivity contribution in [3.05, 3.63) is 59.2 Å². The molecule has 0 aliphatic carbocycles. The lowest BCUT2D eigenvalue weighted by Crippen LogP contribution is -2.24. The molecule has 0 bridgehead atoms. The minimum Gasteiger partial charge on any atom is -0.493 e. The molecule has 2 aromatic rings. The van der Waals surface area contributed by atoms with Crippen molar-refractivity contribution in [2.45, 2.75) is 46.4 Å². The molecule has 3 nitrogen and oxygen atoms in total. The van der Waals surface area contributed by atoms with E-state index in [9.17, 15) is 0 Å². The number of methoxy groups -OCH3 is 1. The summed E-state index contributed by atoms with van der Waals surface area (Å²) in [6.07, 6.45) is 1.10. The van der Waals surface area contributed by atoms with E-state index in [1.165, 1.54) is 5.56 Å². The van der Waals surface area contributed by atoms with Crippen LogP contribution in [0, 0.1) is 6.92 Å². The van der Waals surface area contributed by atoms with Crippen LogP contribution >= 0.6 is 0 Å². The van der Waals surface area contributed by atoms with E-state index < -0.39 is 0 Å². The largest absolute Gasteiger partial charge is 0.493 e. The van der Waals surface area contributed by atoms with Crippen LogP contribution in [0.4, 0.5) is 0 Å². The zero-order valence-corrected chi connectivity index (χ0v) is 14.6. The minimum absolute atomic E-state index is 0.478. The Morgan fingerprint density at radius 2 is 1.91 bits per heavy atom.